The smallest absolute Gasteiger partial charge is 0.138 e. The van der Waals surface area contributed by atoms with Gasteiger partial charge in [-0.1, -0.05) is 30.3 Å². The van der Waals surface area contributed by atoms with Crippen molar-refractivity contribution in [3.8, 4) is 11.4 Å². The van der Waals surface area contributed by atoms with Crippen LogP contribution in [-0.2, 0) is 6.54 Å². The minimum Gasteiger partial charge on any atom is -0.508 e. The SMILES string of the molecule is C[C@@H](NCc1ccccc1O)c1ccc(-n2cncn2)cc1. The lowest BCUT2D eigenvalue weighted by Crippen LogP contribution is -2.18. The summed E-state index contributed by atoms with van der Waals surface area (Å²) in [5, 5.41) is 17.3. The minimum absolute atomic E-state index is 0.185. The van der Waals surface area contributed by atoms with Crippen molar-refractivity contribution in [3.05, 3.63) is 72.3 Å². The van der Waals surface area contributed by atoms with Crippen LogP contribution in [0.2, 0.25) is 0 Å². The predicted molar refractivity (Wildman–Crippen MR) is 84.7 cm³/mol. The molecule has 0 bridgehead atoms. The molecule has 112 valence electrons. The van der Waals surface area contributed by atoms with E-state index in [9.17, 15) is 5.11 Å². The highest BCUT2D eigenvalue weighted by molar-refractivity contribution is 5.35. The van der Waals surface area contributed by atoms with Crippen LogP contribution in [0.25, 0.3) is 5.69 Å². The van der Waals surface area contributed by atoms with Crippen molar-refractivity contribution in [1.29, 1.82) is 0 Å². The van der Waals surface area contributed by atoms with Crippen molar-refractivity contribution in [2.24, 2.45) is 0 Å². The van der Waals surface area contributed by atoms with Gasteiger partial charge in [0.25, 0.3) is 0 Å². The fraction of sp³-hybridized carbons (Fsp3) is 0.176. The van der Waals surface area contributed by atoms with E-state index in [-0.39, 0.29) is 6.04 Å². The Morgan fingerprint density at radius 1 is 1.14 bits per heavy atom. The van der Waals surface area contributed by atoms with E-state index in [0.29, 0.717) is 12.3 Å². The van der Waals surface area contributed by atoms with Crippen LogP contribution in [0.4, 0.5) is 0 Å². The topological polar surface area (TPSA) is 63.0 Å². The number of aromatic nitrogens is 3. The molecule has 22 heavy (non-hydrogen) atoms. The number of phenols is 1. The second-order valence-electron chi connectivity index (χ2n) is 5.16. The summed E-state index contributed by atoms with van der Waals surface area (Å²) < 4.78 is 1.73. The molecule has 0 aliphatic carbocycles. The first-order valence-corrected chi connectivity index (χ1v) is 7.19. The van der Waals surface area contributed by atoms with Crippen molar-refractivity contribution in [3.63, 3.8) is 0 Å². The number of rotatable bonds is 5. The maximum atomic E-state index is 9.78. The van der Waals surface area contributed by atoms with Crippen molar-refractivity contribution in [1.82, 2.24) is 20.1 Å². The Balaban J connectivity index is 1.65. The van der Waals surface area contributed by atoms with Crippen molar-refractivity contribution < 1.29 is 5.11 Å². The number of hydrogen-bond donors (Lipinski definition) is 2. The van der Waals surface area contributed by atoms with Gasteiger partial charge in [0.2, 0.25) is 0 Å². The Kier molecular flexibility index (Phi) is 4.16. The summed E-state index contributed by atoms with van der Waals surface area (Å²) in [6, 6.07) is 15.7. The van der Waals surface area contributed by atoms with Gasteiger partial charge < -0.3 is 10.4 Å². The first-order chi connectivity index (χ1) is 10.7. The third-order valence-electron chi connectivity index (χ3n) is 3.67. The van der Waals surface area contributed by atoms with Crippen molar-refractivity contribution in [2.75, 3.05) is 0 Å². The lowest BCUT2D eigenvalue weighted by atomic mass is 10.1. The van der Waals surface area contributed by atoms with Gasteiger partial charge in [-0.3, -0.25) is 0 Å². The number of phenolic OH excluding ortho intramolecular Hbond substituents is 1. The van der Waals surface area contributed by atoms with Crippen LogP contribution in [0, 0.1) is 0 Å². The zero-order chi connectivity index (χ0) is 15.4. The van der Waals surface area contributed by atoms with Crippen molar-refractivity contribution >= 4 is 0 Å². The number of aromatic hydroxyl groups is 1. The molecule has 0 fully saturated rings. The second kappa shape index (κ2) is 6.41. The highest BCUT2D eigenvalue weighted by Gasteiger charge is 2.07. The summed E-state index contributed by atoms with van der Waals surface area (Å²) in [4.78, 5) is 3.94. The molecule has 2 N–H and O–H groups in total. The molecular formula is C17H18N4O. The van der Waals surface area contributed by atoms with Crippen LogP contribution < -0.4 is 5.32 Å². The number of nitrogens with zero attached hydrogens (tertiary/aromatic N) is 3. The molecule has 1 heterocycles. The van der Waals surface area contributed by atoms with E-state index >= 15 is 0 Å². The normalized spacial score (nSPS) is 12.2. The summed E-state index contributed by atoms with van der Waals surface area (Å²) >= 11 is 0. The summed E-state index contributed by atoms with van der Waals surface area (Å²) in [6.45, 7) is 2.73. The molecule has 1 atom stereocenters. The van der Waals surface area contributed by atoms with E-state index < -0.39 is 0 Å². The Morgan fingerprint density at radius 3 is 2.59 bits per heavy atom. The monoisotopic (exact) mass is 294 g/mol. The largest absolute Gasteiger partial charge is 0.508 e. The summed E-state index contributed by atoms with van der Waals surface area (Å²) in [5.41, 5.74) is 3.06. The molecular weight excluding hydrogens is 276 g/mol. The van der Waals surface area contributed by atoms with Gasteiger partial charge in [-0.05, 0) is 30.7 Å². The molecule has 0 spiro atoms. The van der Waals surface area contributed by atoms with E-state index in [2.05, 4.69) is 34.5 Å². The molecule has 2 aromatic carbocycles. The molecule has 3 aromatic rings. The highest BCUT2D eigenvalue weighted by Crippen LogP contribution is 2.19. The molecule has 0 amide bonds. The van der Waals surface area contributed by atoms with E-state index in [4.69, 9.17) is 0 Å². The lowest BCUT2D eigenvalue weighted by Gasteiger charge is -2.15. The molecule has 0 unspecified atom stereocenters. The summed E-state index contributed by atoms with van der Waals surface area (Å²) in [7, 11) is 0. The van der Waals surface area contributed by atoms with Crippen LogP contribution in [-0.4, -0.2) is 19.9 Å². The van der Waals surface area contributed by atoms with Crippen LogP contribution in [0.1, 0.15) is 24.1 Å². The van der Waals surface area contributed by atoms with E-state index in [0.717, 1.165) is 11.3 Å². The fourth-order valence-corrected chi connectivity index (χ4v) is 2.30. The molecule has 0 aliphatic rings. The number of benzene rings is 2. The molecule has 1 aromatic heterocycles. The zero-order valence-electron chi connectivity index (χ0n) is 12.3. The van der Waals surface area contributed by atoms with E-state index in [1.54, 1.807) is 17.1 Å². The van der Waals surface area contributed by atoms with Gasteiger partial charge >= 0.3 is 0 Å². The quantitative estimate of drug-likeness (QED) is 0.759. The van der Waals surface area contributed by atoms with Gasteiger partial charge in [-0.15, -0.1) is 0 Å². The third-order valence-corrected chi connectivity index (χ3v) is 3.67. The predicted octanol–water partition coefficient (Wildman–Crippen LogP) is 2.82. The van der Waals surface area contributed by atoms with Crippen molar-refractivity contribution in [2.45, 2.75) is 19.5 Å². The van der Waals surface area contributed by atoms with Crippen LogP contribution in [0.3, 0.4) is 0 Å². The fourth-order valence-electron chi connectivity index (χ4n) is 2.30. The molecule has 0 radical (unpaired) electrons. The summed E-state index contributed by atoms with van der Waals surface area (Å²) in [6.07, 6.45) is 3.19. The standard InChI is InChI=1S/C17H18N4O/c1-13(19-10-15-4-2-3-5-17(15)22)14-6-8-16(9-7-14)21-12-18-11-20-21/h2-9,11-13,19,22H,10H2,1H3/t13-/m1/s1. The van der Waals surface area contributed by atoms with Gasteiger partial charge in [0, 0.05) is 18.2 Å². The molecule has 0 aliphatic heterocycles. The first kappa shape index (κ1) is 14.3. The van der Waals surface area contributed by atoms with Crippen LogP contribution in [0.15, 0.2) is 61.2 Å². The Hall–Kier alpha value is -2.66. The second-order valence-corrected chi connectivity index (χ2v) is 5.16. The molecule has 5 nitrogen and oxygen atoms in total. The summed E-state index contributed by atoms with van der Waals surface area (Å²) in [5.74, 6) is 0.323. The molecule has 5 heteroatoms. The highest BCUT2D eigenvalue weighted by atomic mass is 16.3. The van der Waals surface area contributed by atoms with Gasteiger partial charge in [0.15, 0.2) is 0 Å². The Bertz CT molecular complexity index is 723. The molecule has 3 rings (SSSR count). The maximum absolute atomic E-state index is 9.78. The number of nitrogens with one attached hydrogen (secondary N) is 1. The third kappa shape index (κ3) is 3.15. The Morgan fingerprint density at radius 2 is 1.91 bits per heavy atom. The minimum atomic E-state index is 0.185. The Labute approximate surface area is 129 Å². The van der Waals surface area contributed by atoms with Gasteiger partial charge in [0.05, 0.1) is 5.69 Å². The first-order valence-electron chi connectivity index (χ1n) is 7.19. The number of para-hydroxylation sites is 1. The average Bonchev–Trinajstić information content (AvgIpc) is 3.08. The zero-order valence-corrected chi connectivity index (χ0v) is 12.3. The van der Waals surface area contributed by atoms with E-state index in [1.807, 2.05) is 30.3 Å². The van der Waals surface area contributed by atoms with E-state index in [1.165, 1.54) is 11.9 Å². The van der Waals surface area contributed by atoms with Crippen LogP contribution >= 0.6 is 0 Å². The maximum Gasteiger partial charge on any atom is 0.138 e. The van der Waals surface area contributed by atoms with Gasteiger partial charge in [0.1, 0.15) is 18.4 Å². The molecule has 0 saturated heterocycles. The van der Waals surface area contributed by atoms with Gasteiger partial charge in [-0.2, -0.15) is 5.10 Å². The molecule has 0 saturated carbocycles. The van der Waals surface area contributed by atoms with Gasteiger partial charge in [-0.25, -0.2) is 9.67 Å². The average molecular weight is 294 g/mol. The van der Waals surface area contributed by atoms with Crippen LogP contribution in [0.5, 0.6) is 5.75 Å². The lowest BCUT2D eigenvalue weighted by molar-refractivity contribution is 0.460. The number of hydrogen-bond acceptors (Lipinski definition) is 4.